The number of allylic oxidation sites excluding steroid dienone is 1. The largest absolute Gasteiger partial charge is 0.480 e. The molecule has 0 unspecified atom stereocenters. The summed E-state index contributed by atoms with van der Waals surface area (Å²) in [4.78, 5) is 21.7. The van der Waals surface area contributed by atoms with E-state index in [4.69, 9.17) is 10.2 Å². The molecule has 1 aromatic rings. The van der Waals surface area contributed by atoms with Crippen molar-refractivity contribution in [1.82, 2.24) is 0 Å². The van der Waals surface area contributed by atoms with Crippen LogP contribution < -0.4 is 0 Å². The van der Waals surface area contributed by atoms with E-state index in [1.54, 1.807) is 6.08 Å². The van der Waals surface area contributed by atoms with E-state index in [2.05, 4.69) is 0 Å². The lowest BCUT2D eigenvalue weighted by Gasteiger charge is -2.14. The third-order valence-corrected chi connectivity index (χ3v) is 2.54. The summed E-state index contributed by atoms with van der Waals surface area (Å²) in [6, 6.07) is 9.41. The molecule has 0 saturated heterocycles. The van der Waals surface area contributed by atoms with Crippen LogP contribution in [0.25, 0.3) is 0 Å². The number of carboxylic acids is 2. The maximum absolute atomic E-state index is 10.9. The zero-order valence-electron chi connectivity index (χ0n) is 9.46. The molecular weight excluding hydrogens is 220 g/mol. The zero-order valence-corrected chi connectivity index (χ0v) is 9.46. The van der Waals surface area contributed by atoms with Crippen LogP contribution in [-0.2, 0) is 16.0 Å². The third-order valence-electron chi connectivity index (χ3n) is 2.54. The maximum atomic E-state index is 10.9. The van der Waals surface area contributed by atoms with Gasteiger partial charge in [0.15, 0.2) is 5.41 Å². The Morgan fingerprint density at radius 2 is 1.71 bits per heavy atom. The first-order chi connectivity index (χ1) is 7.97. The van der Waals surface area contributed by atoms with Gasteiger partial charge in [0.25, 0.3) is 0 Å². The fourth-order valence-corrected chi connectivity index (χ4v) is 1.28. The summed E-state index contributed by atoms with van der Waals surface area (Å²) in [6.45, 7) is 1.17. The van der Waals surface area contributed by atoms with Gasteiger partial charge in [-0.2, -0.15) is 0 Å². The summed E-state index contributed by atoms with van der Waals surface area (Å²) >= 11 is 0. The second-order valence-corrected chi connectivity index (χ2v) is 3.90. The molecule has 0 aliphatic carbocycles. The Labute approximate surface area is 99.2 Å². The normalized spacial score (nSPS) is 11.6. The SMILES string of the molecule is CC(C=CCc1ccccc1)(C(=O)O)C(=O)O. The van der Waals surface area contributed by atoms with E-state index in [9.17, 15) is 9.59 Å². The highest BCUT2D eigenvalue weighted by Gasteiger charge is 2.38. The molecule has 2 N–H and O–H groups in total. The molecule has 4 heteroatoms. The van der Waals surface area contributed by atoms with E-state index in [-0.39, 0.29) is 0 Å². The third kappa shape index (κ3) is 3.17. The van der Waals surface area contributed by atoms with Crippen LogP contribution in [0.1, 0.15) is 12.5 Å². The smallest absolute Gasteiger partial charge is 0.324 e. The van der Waals surface area contributed by atoms with Crippen molar-refractivity contribution in [2.24, 2.45) is 5.41 Å². The molecule has 0 radical (unpaired) electrons. The van der Waals surface area contributed by atoms with Crippen molar-refractivity contribution in [2.75, 3.05) is 0 Å². The van der Waals surface area contributed by atoms with Crippen molar-refractivity contribution in [1.29, 1.82) is 0 Å². The lowest BCUT2D eigenvalue weighted by Crippen LogP contribution is -2.34. The van der Waals surface area contributed by atoms with Crippen molar-refractivity contribution in [3.63, 3.8) is 0 Å². The molecule has 0 aliphatic heterocycles. The van der Waals surface area contributed by atoms with Crippen molar-refractivity contribution >= 4 is 11.9 Å². The van der Waals surface area contributed by atoms with Gasteiger partial charge in [-0.3, -0.25) is 9.59 Å². The van der Waals surface area contributed by atoms with E-state index in [1.165, 1.54) is 13.0 Å². The summed E-state index contributed by atoms with van der Waals surface area (Å²) in [5, 5.41) is 17.7. The van der Waals surface area contributed by atoms with Crippen molar-refractivity contribution < 1.29 is 19.8 Å². The minimum Gasteiger partial charge on any atom is -0.480 e. The van der Waals surface area contributed by atoms with Crippen LogP contribution in [0.5, 0.6) is 0 Å². The van der Waals surface area contributed by atoms with Crippen LogP contribution in [0.15, 0.2) is 42.5 Å². The van der Waals surface area contributed by atoms with Crippen molar-refractivity contribution in [3.05, 3.63) is 48.0 Å². The molecule has 0 aliphatic rings. The van der Waals surface area contributed by atoms with Crippen LogP contribution in [-0.4, -0.2) is 22.2 Å². The molecule has 0 aromatic heterocycles. The summed E-state index contributed by atoms with van der Waals surface area (Å²) < 4.78 is 0. The van der Waals surface area contributed by atoms with Crippen LogP contribution in [0.3, 0.4) is 0 Å². The first-order valence-corrected chi connectivity index (χ1v) is 5.15. The number of hydrogen-bond donors (Lipinski definition) is 2. The molecule has 0 fully saturated rings. The Kier molecular flexibility index (Phi) is 4.04. The van der Waals surface area contributed by atoms with E-state index in [0.717, 1.165) is 5.56 Å². The van der Waals surface area contributed by atoms with Crippen LogP contribution in [0, 0.1) is 5.41 Å². The summed E-state index contributed by atoms with van der Waals surface area (Å²) in [5.41, 5.74) is -0.865. The predicted octanol–water partition coefficient (Wildman–Crippen LogP) is 1.96. The number of hydrogen-bond acceptors (Lipinski definition) is 2. The van der Waals surface area contributed by atoms with Gasteiger partial charge in [0.2, 0.25) is 0 Å². The maximum Gasteiger partial charge on any atom is 0.324 e. The van der Waals surface area contributed by atoms with Crippen molar-refractivity contribution in [2.45, 2.75) is 13.3 Å². The molecule has 0 atom stereocenters. The van der Waals surface area contributed by atoms with Gasteiger partial charge in [-0.05, 0) is 18.9 Å². The average Bonchev–Trinajstić information content (AvgIpc) is 2.29. The number of carbonyl (C=O) groups is 2. The zero-order chi connectivity index (χ0) is 12.9. The quantitative estimate of drug-likeness (QED) is 0.603. The van der Waals surface area contributed by atoms with Crippen LogP contribution in [0.4, 0.5) is 0 Å². The lowest BCUT2D eigenvalue weighted by atomic mass is 9.90. The standard InChI is InChI=1S/C13H14O4/c1-13(11(14)15,12(16)17)9-5-8-10-6-3-2-4-7-10/h2-7,9H,8H2,1H3,(H,14,15)(H,16,17). The fraction of sp³-hybridized carbons (Fsp3) is 0.231. The molecule has 1 aromatic carbocycles. The minimum atomic E-state index is -1.87. The first-order valence-electron chi connectivity index (χ1n) is 5.15. The summed E-state index contributed by atoms with van der Waals surface area (Å²) in [7, 11) is 0. The Morgan fingerprint density at radius 1 is 1.18 bits per heavy atom. The minimum absolute atomic E-state index is 0.511. The molecule has 17 heavy (non-hydrogen) atoms. The topological polar surface area (TPSA) is 74.6 Å². The van der Waals surface area contributed by atoms with E-state index in [1.807, 2.05) is 30.3 Å². The molecule has 1 rings (SSSR count). The number of carboxylic acid groups (broad SMARTS) is 2. The average molecular weight is 234 g/mol. The Morgan fingerprint density at radius 3 is 2.18 bits per heavy atom. The highest BCUT2D eigenvalue weighted by molar-refractivity contribution is 5.99. The van der Waals surface area contributed by atoms with Crippen LogP contribution in [0.2, 0.25) is 0 Å². The van der Waals surface area contributed by atoms with Gasteiger partial charge >= 0.3 is 11.9 Å². The number of aliphatic carboxylic acids is 2. The summed E-state index contributed by atoms with van der Waals surface area (Å²) in [6.07, 6.45) is 3.29. The molecule has 4 nitrogen and oxygen atoms in total. The van der Waals surface area contributed by atoms with E-state index in [0.29, 0.717) is 6.42 Å². The number of benzene rings is 1. The second-order valence-electron chi connectivity index (χ2n) is 3.90. The van der Waals surface area contributed by atoms with Gasteiger partial charge in [-0.1, -0.05) is 42.5 Å². The molecule has 0 heterocycles. The predicted molar refractivity (Wildman–Crippen MR) is 62.7 cm³/mol. The fourth-order valence-electron chi connectivity index (χ4n) is 1.28. The van der Waals surface area contributed by atoms with Gasteiger partial charge in [0.1, 0.15) is 0 Å². The van der Waals surface area contributed by atoms with Gasteiger partial charge in [-0.25, -0.2) is 0 Å². The van der Waals surface area contributed by atoms with E-state index >= 15 is 0 Å². The van der Waals surface area contributed by atoms with Gasteiger partial charge < -0.3 is 10.2 Å². The highest BCUT2D eigenvalue weighted by Crippen LogP contribution is 2.19. The molecular formula is C13H14O4. The van der Waals surface area contributed by atoms with Crippen LogP contribution >= 0.6 is 0 Å². The summed E-state index contributed by atoms with van der Waals surface area (Å²) in [5.74, 6) is -2.73. The molecule has 0 spiro atoms. The lowest BCUT2D eigenvalue weighted by molar-refractivity contribution is -0.159. The van der Waals surface area contributed by atoms with Gasteiger partial charge in [0.05, 0.1) is 0 Å². The van der Waals surface area contributed by atoms with Crippen molar-refractivity contribution in [3.8, 4) is 0 Å². The molecule has 0 amide bonds. The Bertz CT molecular complexity index is 420. The molecule has 0 bridgehead atoms. The number of rotatable bonds is 5. The molecule has 0 saturated carbocycles. The Balaban J connectivity index is 2.76. The van der Waals surface area contributed by atoms with Gasteiger partial charge in [-0.15, -0.1) is 0 Å². The monoisotopic (exact) mass is 234 g/mol. The molecule has 90 valence electrons. The van der Waals surface area contributed by atoms with Gasteiger partial charge in [0, 0.05) is 0 Å². The Hall–Kier alpha value is -2.10. The second kappa shape index (κ2) is 5.30. The van der Waals surface area contributed by atoms with E-state index < -0.39 is 17.4 Å². The highest BCUT2D eigenvalue weighted by atomic mass is 16.4. The first kappa shape index (κ1) is 13.0.